The van der Waals surface area contributed by atoms with Crippen LogP contribution in [0.1, 0.15) is 44.7 Å². The normalized spacial score (nSPS) is 13.7. The Morgan fingerprint density at radius 1 is 0.946 bits per heavy atom. The molecule has 11 nitrogen and oxygen atoms in total. The molecule has 0 bridgehead atoms. The summed E-state index contributed by atoms with van der Waals surface area (Å²) in [7, 11) is 0. The molecule has 12 heteroatoms. The Bertz CT molecular complexity index is 1380. The fourth-order valence-electron chi connectivity index (χ4n) is 3.99. The van der Waals surface area contributed by atoms with Crippen molar-refractivity contribution in [1.29, 1.82) is 0 Å². The molecule has 3 aromatic heterocycles. The molecular weight excluding hydrogens is 492 g/mol. The van der Waals surface area contributed by atoms with Gasteiger partial charge in [0, 0.05) is 36.7 Å². The molecular formula is C25H24N8O3S. The van der Waals surface area contributed by atoms with E-state index in [2.05, 4.69) is 36.3 Å². The number of aromatic amines is 1. The average Bonchev–Trinajstić information content (AvgIpc) is 3.63. The smallest absolute Gasteiger partial charge is 0.323 e. The first-order valence-corrected chi connectivity index (χ1v) is 12.6. The summed E-state index contributed by atoms with van der Waals surface area (Å²) in [6, 6.07) is 16.3. The first-order chi connectivity index (χ1) is 18.1. The van der Waals surface area contributed by atoms with Crippen molar-refractivity contribution in [3.05, 3.63) is 82.6 Å². The highest BCUT2D eigenvalue weighted by molar-refractivity contribution is 7.09. The lowest BCUT2D eigenvalue weighted by atomic mass is 9.98. The molecule has 188 valence electrons. The molecule has 1 aliphatic rings. The Morgan fingerprint density at radius 2 is 1.68 bits per heavy atom. The van der Waals surface area contributed by atoms with Crippen LogP contribution in [0.4, 0.5) is 10.6 Å². The zero-order valence-corrected chi connectivity index (χ0v) is 20.5. The maximum Gasteiger partial charge on any atom is 0.323 e. The number of anilines is 1. The van der Waals surface area contributed by atoms with Gasteiger partial charge in [0.1, 0.15) is 11.4 Å². The predicted octanol–water partition coefficient (Wildman–Crippen LogP) is 3.41. The number of rotatable bonds is 5. The highest BCUT2D eigenvalue weighted by Crippen LogP contribution is 2.30. The summed E-state index contributed by atoms with van der Waals surface area (Å²) < 4.78 is 0. The van der Waals surface area contributed by atoms with Crippen LogP contribution in [0.2, 0.25) is 0 Å². The van der Waals surface area contributed by atoms with E-state index < -0.39 is 11.8 Å². The summed E-state index contributed by atoms with van der Waals surface area (Å²) >= 11 is 1.40. The van der Waals surface area contributed by atoms with Gasteiger partial charge in [-0.3, -0.25) is 35.8 Å². The third-order valence-corrected chi connectivity index (χ3v) is 6.98. The molecule has 4 N–H and O–H groups in total. The number of hydrazine groups is 1. The van der Waals surface area contributed by atoms with Gasteiger partial charge in [0.2, 0.25) is 0 Å². The van der Waals surface area contributed by atoms with Crippen LogP contribution < -0.4 is 16.2 Å². The SMILES string of the molecule is O=C(NNC(=O)c1csc(C2CCN(C(=O)Nc3cc(-c4ccccc4)[nH]n3)CC2)n1)c1ccccn1. The first-order valence-electron chi connectivity index (χ1n) is 11.7. The molecule has 1 aliphatic heterocycles. The van der Waals surface area contributed by atoms with E-state index in [-0.39, 0.29) is 23.3 Å². The maximum atomic E-state index is 12.7. The second-order valence-electron chi connectivity index (χ2n) is 8.42. The minimum atomic E-state index is -0.513. The number of hydrogen-bond acceptors (Lipinski definition) is 7. The highest BCUT2D eigenvalue weighted by Gasteiger charge is 2.27. The van der Waals surface area contributed by atoms with E-state index in [1.807, 2.05) is 30.3 Å². The second-order valence-corrected chi connectivity index (χ2v) is 9.31. The third kappa shape index (κ3) is 5.81. The Labute approximate surface area is 216 Å². The van der Waals surface area contributed by atoms with Crippen molar-refractivity contribution in [2.75, 3.05) is 18.4 Å². The molecule has 0 aliphatic carbocycles. The van der Waals surface area contributed by atoms with Crippen LogP contribution in [0, 0.1) is 0 Å². The quantitative estimate of drug-likeness (QED) is 0.299. The largest absolute Gasteiger partial charge is 0.324 e. The van der Waals surface area contributed by atoms with Crippen LogP contribution in [0.5, 0.6) is 0 Å². The van der Waals surface area contributed by atoms with Crippen LogP contribution in [-0.4, -0.2) is 56.0 Å². The summed E-state index contributed by atoms with van der Waals surface area (Å²) in [5.74, 6) is -0.399. The van der Waals surface area contributed by atoms with Gasteiger partial charge in [-0.15, -0.1) is 11.3 Å². The van der Waals surface area contributed by atoms with E-state index in [0.717, 1.165) is 29.1 Å². The van der Waals surface area contributed by atoms with Crippen molar-refractivity contribution in [2.45, 2.75) is 18.8 Å². The van der Waals surface area contributed by atoms with Gasteiger partial charge < -0.3 is 4.90 Å². The number of pyridine rings is 1. The molecule has 4 heterocycles. The van der Waals surface area contributed by atoms with Gasteiger partial charge in [0.05, 0.1) is 10.7 Å². The summed E-state index contributed by atoms with van der Waals surface area (Å²) in [4.78, 5) is 47.3. The Morgan fingerprint density at radius 3 is 2.41 bits per heavy atom. The van der Waals surface area contributed by atoms with Crippen LogP contribution in [0.3, 0.4) is 0 Å². The van der Waals surface area contributed by atoms with Gasteiger partial charge in [-0.2, -0.15) is 5.10 Å². The number of benzene rings is 1. The van der Waals surface area contributed by atoms with Crippen molar-refractivity contribution in [2.24, 2.45) is 0 Å². The van der Waals surface area contributed by atoms with Gasteiger partial charge in [0.25, 0.3) is 11.8 Å². The summed E-state index contributed by atoms with van der Waals surface area (Å²) in [6.45, 7) is 1.13. The highest BCUT2D eigenvalue weighted by atomic mass is 32.1. The number of amides is 4. The number of urea groups is 1. The van der Waals surface area contributed by atoms with Crippen molar-refractivity contribution in [1.82, 2.24) is 35.9 Å². The third-order valence-electron chi connectivity index (χ3n) is 5.97. The summed E-state index contributed by atoms with van der Waals surface area (Å²) in [5.41, 5.74) is 6.95. The van der Waals surface area contributed by atoms with E-state index >= 15 is 0 Å². The van der Waals surface area contributed by atoms with Gasteiger partial charge in [-0.05, 0) is 30.5 Å². The van der Waals surface area contributed by atoms with Gasteiger partial charge in [-0.1, -0.05) is 36.4 Å². The monoisotopic (exact) mass is 516 g/mol. The second kappa shape index (κ2) is 11.0. The number of likely N-dealkylation sites (tertiary alicyclic amines) is 1. The van der Waals surface area contributed by atoms with Crippen LogP contribution in [0.15, 0.2) is 66.2 Å². The number of hydrogen-bond donors (Lipinski definition) is 4. The summed E-state index contributed by atoms with van der Waals surface area (Å²) in [5, 5.41) is 12.5. The summed E-state index contributed by atoms with van der Waals surface area (Å²) in [6.07, 6.45) is 2.96. The van der Waals surface area contributed by atoms with Crippen LogP contribution >= 0.6 is 11.3 Å². The molecule has 4 amide bonds. The molecule has 0 radical (unpaired) electrons. The van der Waals surface area contributed by atoms with Crippen molar-refractivity contribution in [3.8, 4) is 11.3 Å². The van der Waals surface area contributed by atoms with Gasteiger partial charge in [0.15, 0.2) is 5.82 Å². The number of carbonyl (C=O) groups excluding carboxylic acids is 3. The van der Waals surface area contributed by atoms with E-state index in [9.17, 15) is 14.4 Å². The fraction of sp³-hybridized carbons (Fsp3) is 0.200. The van der Waals surface area contributed by atoms with Crippen LogP contribution in [0.25, 0.3) is 11.3 Å². The molecule has 37 heavy (non-hydrogen) atoms. The fourth-order valence-corrected chi connectivity index (χ4v) is 4.96. The number of H-pyrrole nitrogens is 1. The molecule has 5 rings (SSSR count). The van der Waals surface area contributed by atoms with Gasteiger partial charge in [-0.25, -0.2) is 9.78 Å². The van der Waals surface area contributed by atoms with Crippen molar-refractivity contribution < 1.29 is 14.4 Å². The lowest BCUT2D eigenvalue weighted by Gasteiger charge is -2.30. The number of nitrogens with zero attached hydrogens (tertiary/aromatic N) is 4. The maximum absolute atomic E-state index is 12.7. The molecule has 0 saturated carbocycles. The van der Waals surface area contributed by atoms with Crippen LogP contribution in [-0.2, 0) is 0 Å². The van der Waals surface area contributed by atoms with E-state index in [1.54, 1.807) is 34.5 Å². The lowest BCUT2D eigenvalue weighted by Crippen LogP contribution is -2.42. The molecule has 0 atom stereocenters. The lowest BCUT2D eigenvalue weighted by molar-refractivity contribution is 0.0841. The average molecular weight is 517 g/mol. The first kappa shape index (κ1) is 24.1. The Hall–Kier alpha value is -4.58. The number of piperidine rings is 1. The van der Waals surface area contributed by atoms with Crippen molar-refractivity contribution >= 4 is 35.0 Å². The number of carbonyl (C=O) groups is 3. The number of nitrogens with one attached hydrogen (secondary N) is 4. The zero-order valence-electron chi connectivity index (χ0n) is 19.7. The molecule has 0 spiro atoms. The van der Waals surface area contributed by atoms with E-state index in [0.29, 0.717) is 18.9 Å². The zero-order chi connectivity index (χ0) is 25.6. The van der Waals surface area contributed by atoms with Crippen molar-refractivity contribution in [3.63, 3.8) is 0 Å². The number of aromatic nitrogens is 4. The minimum absolute atomic E-state index is 0.147. The molecule has 1 saturated heterocycles. The molecule has 1 aromatic carbocycles. The predicted molar refractivity (Wildman–Crippen MR) is 138 cm³/mol. The van der Waals surface area contributed by atoms with E-state index in [4.69, 9.17) is 0 Å². The Balaban J connectivity index is 1.10. The standard InChI is InChI=1S/C25H24N8O3S/c34-22(18-8-4-5-11-26-18)31-32-23(35)20-15-37-24(27-20)17-9-12-33(13-10-17)25(36)28-21-14-19(29-30-21)16-6-2-1-3-7-16/h1-8,11,14-15,17H,9-10,12-13H2,(H,31,34)(H,32,35)(H2,28,29,30,36). The van der Waals surface area contributed by atoms with E-state index in [1.165, 1.54) is 17.5 Å². The van der Waals surface area contributed by atoms with Gasteiger partial charge >= 0.3 is 6.03 Å². The number of thiazole rings is 1. The topological polar surface area (TPSA) is 145 Å². The molecule has 0 unspecified atom stereocenters. The molecule has 4 aromatic rings. The molecule has 1 fully saturated rings. The Kier molecular flexibility index (Phi) is 7.17. The minimum Gasteiger partial charge on any atom is -0.324 e.